The van der Waals surface area contributed by atoms with Crippen molar-refractivity contribution in [2.24, 2.45) is 5.92 Å². The minimum Gasteiger partial charge on any atom is -0.343 e. The van der Waals surface area contributed by atoms with E-state index in [4.69, 9.17) is 0 Å². The predicted octanol–water partition coefficient (Wildman–Crippen LogP) is 2.95. The highest BCUT2D eigenvalue weighted by molar-refractivity contribution is 5.76. The Balaban J connectivity index is 1.75. The van der Waals surface area contributed by atoms with Crippen molar-refractivity contribution in [2.45, 2.75) is 70.8 Å². The molecule has 3 heteroatoms. The van der Waals surface area contributed by atoms with E-state index in [1.807, 2.05) is 0 Å². The van der Waals surface area contributed by atoms with Crippen LogP contribution in [0.2, 0.25) is 0 Å². The lowest BCUT2D eigenvalue weighted by Crippen LogP contribution is -2.37. The number of carbonyl (C=O) groups excluding carboxylic acids is 1. The number of hydrogen-bond acceptors (Lipinski definition) is 2. The first-order valence-electron chi connectivity index (χ1n) is 8.32. The van der Waals surface area contributed by atoms with E-state index in [9.17, 15) is 4.79 Å². The molecule has 2 unspecified atom stereocenters. The van der Waals surface area contributed by atoms with Crippen molar-refractivity contribution in [3.8, 4) is 0 Å². The Bertz CT molecular complexity index is 280. The Morgan fingerprint density at radius 3 is 2.95 bits per heavy atom. The van der Waals surface area contributed by atoms with Crippen molar-refractivity contribution >= 4 is 5.91 Å². The van der Waals surface area contributed by atoms with Gasteiger partial charge in [-0.15, -0.1) is 0 Å². The van der Waals surface area contributed by atoms with E-state index in [1.165, 1.54) is 44.9 Å². The number of likely N-dealkylation sites (tertiary alicyclic amines) is 1. The second-order valence-corrected chi connectivity index (χ2v) is 6.23. The van der Waals surface area contributed by atoms with Gasteiger partial charge in [-0.3, -0.25) is 4.79 Å². The van der Waals surface area contributed by atoms with Gasteiger partial charge < -0.3 is 10.2 Å². The minimum absolute atomic E-state index is 0.397. The average molecular weight is 266 g/mol. The molecule has 0 radical (unpaired) electrons. The van der Waals surface area contributed by atoms with Gasteiger partial charge in [-0.05, 0) is 51.0 Å². The second kappa shape index (κ2) is 7.88. The molecule has 0 aromatic carbocycles. The highest BCUT2D eigenvalue weighted by atomic mass is 16.2. The zero-order chi connectivity index (χ0) is 13.5. The molecule has 1 saturated carbocycles. The third-order valence-electron chi connectivity index (χ3n) is 4.76. The van der Waals surface area contributed by atoms with Gasteiger partial charge in [0, 0.05) is 25.6 Å². The molecule has 2 fully saturated rings. The highest BCUT2D eigenvalue weighted by Crippen LogP contribution is 2.29. The number of nitrogens with zero attached hydrogens (tertiary/aromatic N) is 1. The van der Waals surface area contributed by atoms with Crippen molar-refractivity contribution in [3.05, 3.63) is 0 Å². The molecule has 110 valence electrons. The molecule has 2 rings (SSSR count). The van der Waals surface area contributed by atoms with Crippen LogP contribution >= 0.6 is 0 Å². The van der Waals surface area contributed by atoms with Gasteiger partial charge in [-0.25, -0.2) is 0 Å². The number of hydrogen-bond donors (Lipinski definition) is 1. The summed E-state index contributed by atoms with van der Waals surface area (Å²) < 4.78 is 0. The first-order valence-corrected chi connectivity index (χ1v) is 8.32. The molecule has 2 atom stereocenters. The summed E-state index contributed by atoms with van der Waals surface area (Å²) in [5, 5.41) is 3.69. The van der Waals surface area contributed by atoms with Crippen LogP contribution in [0.15, 0.2) is 0 Å². The predicted molar refractivity (Wildman–Crippen MR) is 79.1 cm³/mol. The van der Waals surface area contributed by atoms with E-state index in [0.29, 0.717) is 11.9 Å². The fraction of sp³-hybridized carbons (Fsp3) is 0.938. The summed E-state index contributed by atoms with van der Waals surface area (Å²) in [6.45, 7) is 5.36. The van der Waals surface area contributed by atoms with Crippen LogP contribution in [0.4, 0.5) is 0 Å². The van der Waals surface area contributed by atoms with Crippen molar-refractivity contribution in [3.63, 3.8) is 0 Å². The Hall–Kier alpha value is -0.570. The SMILES string of the molecule is CCCNC1CCCC1CCN1CCCCCC1=O. The molecule has 1 aliphatic carbocycles. The second-order valence-electron chi connectivity index (χ2n) is 6.23. The molecule has 0 aromatic heterocycles. The van der Waals surface area contributed by atoms with Gasteiger partial charge in [0.1, 0.15) is 0 Å². The fourth-order valence-electron chi connectivity index (χ4n) is 3.58. The van der Waals surface area contributed by atoms with Crippen LogP contribution in [-0.4, -0.2) is 36.5 Å². The Morgan fingerprint density at radius 2 is 2.11 bits per heavy atom. The molecular formula is C16H30N2O. The van der Waals surface area contributed by atoms with Gasteiger partial charge in [0.25, 0.3) is 0 Å². The Morgan fingerprint density at radius 1 is 1.21 bits per heavy atom. The monoisotopic (exact) mass is 266 g/mol. The summed E-state index contributed by atoms with van der Waals surface area (Å²) in [6.07, 6.45) is 10.8. The smallest absolute Gasteiger partial charge is 0.222 e. The lowest BCUT2D eigenvalue weighted by molar-refractivity contribution is -0.130. The Labute approximate surface area is 118 Å². The maximum absolute atomic E-state index is 12.0. The van der Waals surface area contributed by atoms with Gasteiger partial charge in [0.2, 0.25) is 5.91 Å². The minimum atomic E-state index is 0.397. The highest BCUT2D eigenvalue weighted by Gasteiger charge is 2.27. The van der Waals surface area contributed by atoms with Gasteiger partial charge >= 0.3 is 0 Å². The zero-order valence-electron chi connectivity index (χ0n) is 12.5. The van der Waals surface area contributed by atoms with Gasteiger partial charge in [-0.2, -0.15) is 0 Å². The molecule has 1 amide bonds. The standard InChI is InChI=1S/C16H30N2O/c1-2-11-17-15-8-6-7-14(15)10-13-18-12-5-3-4-9-16(18)19/h14-15,17H,2-13H2,1H3. The molecule has 0 aromatic rings. The van der Waals surface area contributed by atoms with Crippen LogP contribution < -0.4 is 5.32 Å². The van der Waals surface area contributed by atoms with E-state index < -0.39 is 0 Å². The molecule has 2 aliphatic rings. The first kappa shape index (κ1) is 14.8. The van der Waals surface area contributed by atoms with Gasteiger partial charge in [-0.1, -0.05) is 19.8 Å². The van der Waals surface area contributed by atoms with Crippen molar-refractivity contribution in [1.82, 2.24) is 10.2 Å². The molecule has 19 heavy (non-hydrogen) atoms. The first-order chi connectivity index (χ1) is 9.31. The van der Waals surface area contributed by atoms with Crippen LogP contribution in [-0.2, 0) is 4.79 Å². The van der Waals surface area contributed by atoms with Crippen molar-refractivity contribution in [1.29, 1.82) is 0 Å². The lowest BCUT2D eigenvalue weighted by Gasteiger charge is -2.25. The molecule has 0 spiro atoms. The van der Waals surface area contributed by atoms with Crippen LogP contribution in [0.3, 0.4) is 0 Å². The van der Waals surface area contributed by atoms with E-state index >= 15 is 0 Å². The van der Waals surface area contributed by atoms with Gasteiger partial charge in [0.05, 0.1) is 0 Å². The molecule has 1 aliphatic heterocycles. The third-order valence-corrected chi connectivity index (χ3v) is 4.76. The zero-order valence-corrected chi connectivity index (χ0v) is 12.5. The molecule has 1 heterocycles. The van der Waals surface area contributed by atoms with E-state index in [0.717, 1.165) is 38.4 Å². The van der Waals surface area contributed by atoms with Crippen LogP contribution in [0.5, 0.6) is 0 Å². The maximum atomic E-state index is 12.0. The van der Waals surface area contributed by atoms with Crippen LogP contribution in [0.25, 0.3) is 0 Å². The molecule has 1 saturated heterocycles. The van der Waals surface area contributed by atoms with E-state index in [1.54, 1.807) is 0 Å². The third kappa shape index (κ3) is 4.48. The molecular weight excluding hydrogens is 236 g/mol. The average Bonchev–Trinajstić information content (AvgIpc) is 2.76. The largest absolute Gasteiger partial charge is 0.343 e. The Kier molecular flexibility index (Phi) is 6.15. The number of rotatable bonds is 6. The summed E-state index contributed by atoms with van der Waals surface area (Å²) in [4.78, 5) is 14.1. The summed E-state index contributed by atoms with van der Waals surface area (Å²) in [6, 6.07) is 0.710. The van der Waals surface area contributed by atoms with Crippen molar-refractivity contribution < 1.29 is 4.79 Å². The number of carbonyl (C=O) groups is 1. The van der Waals surface area contributed by atoms with Crippen LogP contribution in [0.1, 0.15) is 64.7 Å². The lowest BCUT2D eigenvalue weighted by atomic mass is 9.99. The molecule has 3 nitrogen and oxygen atoms in total. The normalized spacial score (nSPS) is 28.7. The topological polar surface area (TPSA) is 32.3 Å². The summed E-state index contributed by atoms with van der Waals surface area (Å²) in [5.41, 5.74) is 0. The maximum Gasteiger partial charge on any atom is 0.222 e. The molecule has 1 N–H and O–H groups in total. The summed E-state index contributed by atoms with van der Waals surface area (Å²) >= 11 is 0. The quantitative estimate of drug-likeness (QED) is 0.801. The van der Waals surface area contributed by atoms with Crippen LogP contribution in [0, 0.1) is 5.92 Å². The number of amides is 1. The van der Waals surface area contributed by atoms with Gasteiger partial charge in [0.15, 0.2) is 0 Å². The summed E-state index contributed by atoms with van der Waals surface area (Å²) in [5.74, 6) is 1.19. The van der Waals surface area contributed by atoms with Crippen molar-refractivity contribution in [2.75, 3.05) is 19.6 Å². The fourth-order valence-corrected chi connectivity index (χ4v) is 3.58. The van der Waals surface area contributed by atoms with E-state index in [2.05, 4.69) is 17.1 Å². The molecule has 0 bridgehead atoms. The summed E-state index contributed by atoms with van der Waals surface area (Å²) in [7, 11) is 0. The number of nitrogens with one attached hydrogen (secondary N) is 1. The van der Waals surface area contributed by atoms with E-state index in [-0.39, 0.29) is 0 Å².